The van der Waals surface area contributed by atoms with Crippen LogP contribution < -0.4 is 10.6 Å². The van der Waals surface area contributed by atoms with Crippen molar-refractivity contribution in [2.45, 2.75) is 25.4 Å². The van der Waals surface area contributed by atoms with Crippen molar-refractivity contribution in [1.29, 1.82) is 0 Å². The largest absolute Gasteiger partial charge is 0.349 e. The number of carbonyl (C=O) groups is 1. The van der Waals surface area contributed by atoms with Gasteiger partial charge in [-0.25, -0.2) is 0 Å². The van der Waals surface area contributed by atoms with Gasteiger partial charge in [-0.1, -0.05) is 0 Å². The lowest BCUT2D eigenvalue weighted by Crippen LogP contribution is -2.40. The van der Waals surface area contributed by atoms with E-state index >= 15 is 0 Å². The normalized spacial score (nSPS) is 21.0. The Bertz CT molecular complexity index is 290. The highest BCUT2D eigenvalue weighted by atomic mass is 16.2. The zero-order valence-corrected chi connectivity index (χ0v) is 7.92. The lowest BCUT2D eigenvalue weighted by Gasteiger charge is -2.09. The lowest BCUT2D eigenvalue weighted by atomic mass is 10.2. The molecule has 1 aliphatic heterocycles. The Kier molecular flexibility index (Phi) is 2.78. The number of H-pyrrole nitrogens is 1. The zero-order valence-electron chi connectivity index (χ0n) is 7.92. The molecular formula is C9H14N4O. The summed E-state index contributed by atoms with van der Waals surface area (Å²) in [4.78, 5) is 11.5. The lowest BCUT2D eigenvalue weighted by molar-refractivity contribution is -0.122. The topological polar surface area (TPSA) is 69.8 Å². The van der Waals surface area contributed by atoms with Crippen molar-refractivity contribution in [3.63, 3.8) is 0 Å². The van der Waals surface area contributed by atoms with Crippen LogP contribution in [0.25, 0.3) is 0 Å². The summed E-state index contributed by atoms with van der Waals surface area (Å²) >= 11 is 0. The summed E-state index contributed by atoms with van der Waals surface area (Å²) in [6.45, 7) is 1.47. The highest BCUT2D eigenvalue weighted by Crippen LogP contribution is 2.04. The molecule has 1 aromatic heterocycles. The minimum absolute atomic E-state index is 0.00192. The van der Waals surface area contributed by atoms with E-state index in [9.17, 15) is 4.79 Å². The summed E-state index contributed by atoms with van der Waals surface area (Å²) < 4.78 is 0. The molecule has 0 spiro atoms. The molecule has 0 saturated carbocycles. The maximum atomic E-state index is 11.5. The van der Waals surface area contributed by atoms with Crippen molar-refractivity contribution in [3.8, 4) is 0 Å². The molecular weight excluding hydrogens is 180 g/mol. The van der Waals surface area contributed by atoms with E-state index in [4.69, 9.17) is 0 Å². The molecule has 5 nitrogen and oxygen atoms in total. The van der Waals surface area contributed by atoms with E-state index in [1.807, 2.05) is 6.07 Å². The second-order valence-corrected chi connectivity index (χ2v) is 3.45. The molecule has 1 amide bonds. The van der Waals surface area contributed by atoms with Crippen LogP contribution in [-0.4, -0.2) is 28.7 Å². The second kappa shape index (κ2) is 4.23. The summed E-state index contributed by atoms with van der Waals surface area (Å²) in [6, 6.07) is 1.85. The molecule has 1 saturated heterocycles. The minimum atomic E-state index is -0.00192. The first-order valence-corrected chi connectivity index (χ1v) is 4.85. The average molecular weight is 194 g/mol. The molecule has 0 unspecified atom stereocenters. The molecule has 1 fully saturated rings. The maximum absolute atomic E-state index is 11.5. The third-order valence-corrected chi connectivity index (χ3v) is 2.39. The van der Waals surface area contributed by atoms with Gasteiger partial charge in [-0.15, -0.1) is 0 Å². The average Bonchev–Trinajstić information content (AvgIpc) is 2.87. The molecule has 2 rings (SSSR count). The van der Waals surface area contributed by atoms with Gasteiger partial charge in [-0.3, -0.25) is 9.89 Å². The third-order valence-electron chi connectivity index (χ3n) is 2.39. The van der Waals surface area contributed by atoms with E-state index in [-0.39, 0.29) is 11.9 Å². The number of hydrogen-bond acceptors (Lipinski definition) is 3. The summed E-state index contributed by atoms with van der Waals surface area (Å²) in [5.41, 5.74) is 0.927. The van der Waals surface area contributed by atoms with Gasteiger partial charge in [0.1, 0.15) is 0 Å². The Morgan fingerprint density at radius 1 is 1.71 bits per heavy atom. The van der Waals surface area contributed by atoms with Crippen LogP contribution in [0, 0.1) is 0 Å². The van der Waals surface area contributed by atoms with Crippen molar-refractivity contribution in [2.75, 3.05) is 6.54 Å². The predicted molar refractivity (Wildman–Crippen MR) is 51.5 cm³/mol. The molecule has 14 heavy (non-hydrogen) atoms. The predicted octanol–water partition coefficient (Wildman–Crippen LogP) is -0.222. The van der Waals surface area contributed by atoms with Gasteiger partial charge in [-0.2, -0.15) is 5.10 Å². The van der Waals surface area contributed by atoms with E-state index < -0.39 is 0 Å². The van der Waals surface area contributed by atoms with Crippen LogP contribution in [0.1, 0.15) is 18.5 Å². The molecule has 1 atom stereocenters. The fourth-order valence-corrected chi connectivity index (χ4v) is 1.60. The molecule has 0 radical (unpaired) electrons. The minimum Gasteiger partial charge on any atom is -0.349 e. The fourth-order valence-electron chi connectivity index (χ4n) is 1.60. The summed E-state index contributed by atoms with van der Waals surface area (Å²) in [5, 5.41) is 12.6. The smallest absolute Gasteiger partial charge is 0.237 e. The van der Waals surface area contributed by atoms with Gasteiger partial charge in [0.05, 0.1) is 18.3 Å². The van der Waals surface area contributed by atoms with Gasteiger partial charge in [0.25, 0.3) is 0 Å². The maximum Gasteiger partial charge on any atom is 0.237 e. The quantitative estimate of drug-likeness (QED) is 0.623. The first-order valence-electron chi connectivity index (χ1n) is 4.85. The van der Waals surface area contributed by atoms with Crippen molar-refractivity contribution >= 4 is 5.91 Å². The van der Waals surface area contributed by atoms with Gasteiger partial charge in [-0.05, 0) is 25.5 Å². The zero-order chi connectivity index (χ0) is 9.80. The number of amides is 1. The SMILES string of the molecule is O=C(NCc1ccn[nH]1)[C@@H]1CCCN1. The van der Waals surface area contributed by atoms with Crippen LogP contribution in [0.5, 0.6) is 0 Å². The van der Waals surface area contributed by atoms with Crippen LogP contribution in [-0.2, 0) is 11.3 Å². The Balaban J connectivity index is 1.77. The van der Waals surface area contributed by atoms with Gasteiger partial charge in [0, 0.05) is 6.20 Å². The van der Waals surface area contributed by atoms with Crippen LogP contribution in [0.15, 0.2) is 12.3 Å². The van der Waals surface area contributed by atoms with Gasteiger partial charge < -0.3 is 10.6 Å². The number of carbonyl (C=O) groups excluding carboxylic acids is 1. The molecule has 0 aromatic carbocycles. The molecule has 1 aliphatic rings. The Hall–Kier alpha value is -1.36. The molecule has 76 valence electrons. The van der Waals surface area contributed by atoms with E-state index in [0.29, 0.717) is 6.54 Å². The first kappa shape index (κ1) is 9.21. The number of rotatable bonds is 3. The van der Waals surface area contributed by atoms with Gasteiger partial charge in [0.2, 0.25) is 5.91 Å². The molecule has 0 aliphatic carbocycles. The molecule has 0 bridgehead atoms. The summed E-state index contributed by atoms with van der Waals surface area (Å²) in [5.74, 6) is 0.0806. The van der Waals surface area contributed by atoms with Crippen molar-refractivity contribution in [3.05, 3.63) is 18.0 Å². The van der Waals surface area contributed by atoms with Gasteiger partial charge in [0.15, 0.2) is 0 Å². The van der Waals surface area contributed by atoms with Crippen LogP contribution in [0.3, 0.4) is 0 Å². The summed E-state index contributed by atoms with van der Waals surface area (Å²) in [6.07, 6.45) is 3.70. The van der Waals surface area contributed by atoms with Crippen molar-refractivity contribution < 1.29 is 4.79 Å². The van der Waals surface area contributed by atoms with E-state index in [2.05, 4.69) is 20.8 Å². The molecule has 1 aromatic rings. The standard InChI is InChI=1S/C9H14N4O/c14-9(8-2-1-4-10-8)11-6-7-3-5-12-13-7/h3,5,8,10H,1-2,4,6H2,(H,11,14)(H,12,13)/t8-/m0/s1. The number of hydrogen-bond donors (Lipinski definition) is 3. The van der Waals surface area contributed by atoms with Gasteiger partial charge >= 0.3 is 0 Å². The van der Waals surface area contributed by atoms with E-state index in [1.165, 1.54) is 0 Å². The Morgan fingerprint density at radius 3 is 3.29 bits per heavy atom. The van der Waals surface area contributed by atoms with E-state index in [0.717, 1.165) is 25.1 Å². The van der Waals surface area contributed by atoms with Crippen LogP contribution >= 0.6 is 0 Å². The molecule has 5 heteroatoms. The van der Waals surface area contributed by atoms with Crippen LogP contribution in [0.4, 0.5) is 0 Å². The Morgan fingerprint density at radius 2 is 2.64 bits per heavy atom. The third kappa shape index (κ3) is 2.11. The summed E-state index contributed by atoms with van der Waals surface area (Å²) in [7, 11) is 0. The fraction of sp³-hybridized carbons (Fsp3) is 0.556. The number of nitrogens with one attached hydrogen (secondary N) is 3. The first-order chi connectivity index (χ1) is 6.86. The highest BCUT2D eigenvalue weighted by molar-refractivity contribution is 5.81. The highest BCUT2D eigenvalue weighted by Gasteiger charge is 2.21. The Labute approximate surface area is 82.3 Å². The number of nitrogens with zero attached hydrogens (tertiary/aromatic N) is 1. The molecule has 2 heterocycles. The van der Waals surface area contributed by atoms with Crippen molar-refractivity contribution in [1.82, 2.24) is 20.8 Å². The second-order valence-electron chi connectivity index (χ2n) is 3.45. The van der Waals surface area contributed by atoms with Crippen LogP contribution in [0.2, 0.25) is 0 Å². The number of aromatic amines is 1. The molecule has 3 N–H and O–H groups in total. The number of aromatic nitrogens is 2. The van der Waals surface area contributed by atoms with E-state index in [1.54, 1.807) is 6.20 Å². The monoisotopic (exact) mass is 194 g/mol. The van der Waals surface area contributed by atoms with Crippen molar-refractivity contribution in [2.24, 2.45) is 0 Å².